The predicted molar refractivity (Wildman–Crippen MR) is 73.7 cm³/mol. The Balaban J connectivity index is 1.79. The fraction of sp³-hybridized carbons (Fsp3) is 0.333. The van der Waals surface area contributed by atoms with Gasteiger partial charge >= 0.3 is 5.69 Å². The number of hydrogen-bond donors (Lipinski definition) is 0. The van der Waals surface area contributed by atoms with Crippen molar-refractivity contribution in [2.24, 2.45) is 5.92 Å². The zero-order chi connectivity index (χ0) is 12.8. The highest BCUT2D eigenvalue weighted by Crippen LogP contribution is 2.30. The van der Waals surface area contributed by atoms with Gasteiger partial charge in [0.1, 0.15) is 5.82 Å². The Bertz CT molecular complexity index is 719. The second-order valence-corrected chi connectivity index (χ2v) is 5.39. The van der Waals surface area contributed by atoms with Gasteiger partial charge in [-0.2, -0.15) is 5.10 Å². The Hall–Kier alpha value is -2.10. The standard InChI is InChI=1S/C15H15N3O/c19-15-17-8-7-12-3-1-2-4-13(12)9-14(17)16-18(15)10-11-5-6-11/h1-4,7-8,11H,5-6,9-10H2. The average molecular weight is 253 g/mol. The van der Waals surface area contributed by atoms with E-state index in [1.54, 1.807) is 9.25 Å². The highest BCUT2D eigenvalue weighted by molar-refractivity contribution is 5.65. The fourth-order valence-corrected chi connectivity index (χ4v) is 2.58. The van der Waals surface area contributed by atoms with Crippen molar-refractivity contribution in [1.82, 2.24) is 14.3 Å². The number of aromatic nitrogens is 3. The molecular formula is C15H15N3O. The van der Waals surface area contributed by atoms with Crippen molar-refractivity contribution in [1.29, 1.82) is 0 Å². The first-order chi connectivity index (χ1) is 9.31. The molecule has 1 aliphatic carbocycles. The van der Waals surface area contributed by atoms with Gasteiger partial charge in [0.2, 0.25) is 0 Å². The summed E-state index contributed by atoms with van der Waals surface area (Å²) in [6.45, 7) is 0.772. The molecular weight excluding hydrogens is 238 g/mol. The van der Waals surface area contributed by atoms with Crippen molar-refractivity contribution in [2.45, 2.75) is 25.8 Å². The van der Waals surface area contributed by atoms with E-state index in [4.69, 9.17) is 0 Å². The number of rotatable bonds is 2. The molecule has 2 heterocycles. The Morgan fingerprint density at radius 3 is 2.95 bits per heavy atom. The first-order valence-electron chi connectivity index (χ1n) is 6.75. The molecule has 2 aromatic rings. The molecule has 19 heavy (non-hydrogen) atoms. The highest BCUT2D eigenvalue weighted by atomic mass is 16.2. The van der Waals surface area contributed by atoms with E-state index in [9.17, 15) is 4.79 Å². The van der Waals surface area contributed by atoms with Crippen LogP contribution in [0, 0.1) is 5.92 Å². The lowest BCUT2D eigenvalue weighted by Crippen LogP contribution is -2.23. The average Bonchev–Trinajstić information content (AvgIpc) is 3.19. The van der Waals surface area contributed by atoms with E-state index in [1.165, 1.54) is 24.0 Å². The second kappa shape index (κ2) is 3.95. The van der Waals surface area contributed by atoms with E-state index in [-0.39, 0.29) is 5.69 Å². The van der Waals surface area contributed by atoms with Gasteiger partial charge in [-0.05, 0) is 36.0 Å². The summed E-state index contributed by atoms with van der Waals surface area (Å²) in [5.74, 6) is 1.50. The van der Waals surface area contributed by atoms with Gasteiger partial charge in [0.05, 0.1) is 0 Å². The molecule has 1 fully saturated rings. The van der Waals surface area contributed by atoms with Crippen LogP contribution in [-0.2, 0) is 13.0 Å². The number of nitrogens with zero attached hydrogens (tertiary/aromatic N) is 3. The van der Waals surface area contributed by atoms with E-state index >= 15 is 0 Å². The minimum Gasteiger partial charge on any atom is -0.253 e. The molecule has 0 N–H and O–H groups in total. The minimum atomic E-state index is -0.00837. The minimum absolute atomic E-state index is 0.00837. The molecule has 2 aliphatic rings. The molecule has 1 saturated carbocycles. The van der Waals surface area contributed by atoms with Gasteiger partial charge in [0.15, 0.2) is 0 Å². The van der Waals surface area contributed by atoms with Crippen molar-refractivity contribution in [3.8, 4) is 0 Å². The normalized spacial score (nSPS) is 16.8. The van der Waals surface area contributed by atoms with E-state index in [0.29, 0.717) is 5.92 Å². The van der Waals surface area contributed by atoms with Crippen LogP contribution in [0.3, 0.4) is 0 Å². The molecule has 0 radical (unpaired) electrons. The molecule has 1 aromatic heterocycles. The van der Waals surface area contributed by atoms with Crippen LogP contribution >= 0.6 is 0 Å². The quantitative estimate of drug-likeness (QED) is 0.700. The van der Waals surface area contributed by atoms with Crippen molar-refractivity contribution in [3.63, 3.8) is 0 Å². The summed E-state index contributed by atoms with van der Waals surface area (Å²) >= 11 is 0. The Kier molecular flexibility index (Phi) is 2.24. The molecule has 0 unspecified atom stereocenters. The van der Waals surface area contributed by atoms with Gasteiger partial charge in [0, 0.05) is 19.2 Å². The van der Waals surface area contributed by atoms with Crippen molar-refractivity contribution < 1.29 is 0 Å². The van der Waals surface area contributed by atoms with E-state index in [0.717, 1.165) is 18.8 Å². The molecule has 1 aliphatic heterocycles. The fourth-order valence-electron chi connectivity index (χ4n) is 2.58. The number of benzene rings is 1. The SMILES string of the molecule is O=c1n(CC2CC2)nc2n1C=Cc1ccccc1C2. The summed E-state index contributed by atoms with van der Waals surface area (Å²) in [4.78, 5) is 12.3. The third-order valence-corrected chi connectivity index (χ3v) is 3.88. The predicted octanol–water partition coefficient (Wildman–Crippen LogP) is 1.99. The molecule has 0 atom stereocenters. The lowest BCUT2D eigenvalue weighted by Gasteiger charge is -2.01. The molecule has 1 aromatic carbocycles. The van der Waals surface area contributed by atoms with Gasteiger partial charge in [-0.1, -0.05) is 24.3 Å². The van der Waals surface area contributed by atoms with Crippen molar-refractivity contribution >= 4 is 12.3 Å². The Morgan fingerprint density at radius 1 is 1.26 bits per heavy atom. The summed E-state index contributed by atoms with van der Waals surface area (Å²) in [7, 11) is 0. The van der Waals surface area contributed by atoms with Gasteiger partial charge in [-0.15, -0.1) is 0 Å². The Labute approximate surface area is 111 Å². The van der Waals surface area contributed by atoms with Crippen LogP contribution in [0.5, 0.6) is 0 Å². The molecule has 0 amide bonds. The third kappa shape index (κ3) is 1.84. The lowest BCUT2D eigenvalue weighted by atomic mass is 10.1. The summed E-state index contributed by atoms with van der Waals surface area (Å²) in [5, 5.41) is 4.51. The summed E-state index contributed by atoms with van der Waals surface area (Å²) in [6.07, 6.45) is 7.02. The van der Waals surface area contributed by atoms with Crippen LogP contribution in [0.4, 0.5) is 0 Å². The number of hydrogen-bond acceptors (Lipinski definition) is 2. The second-order valence-electron chi connectivity index (χ2n) is 5.39. The van der Waals surface area contributed by atoms with Crippen LogP contribution in [0.25, 0.3) is 12.3 Å². The van der Waals surface area contributed by atoms with Crippen LogP contribution in [0.15, 0.2) is 29.1 Å². The number of fused-ring (bicyclic) bond motifs is 2. The molecule has 4 nitrogen and oxygen atoms in total. The van der Waals surface area contributed by atoms with Crippen molar-refractivity contribution in [3.05, 3.63) is 51.7 Å². The highest BCUT2D eigenvalue weighted by Gasteiger charge is 2.24. The lowest BCUT2D eigenvalue weighted by molar-refractivity contribution is 0.540. The topological polar surface area (TPSA) is 39.8 Å². The zero-order valence-corrected chi connectivity index (χ0v) is 10.6. The van der Waals surface area contributed by atoms with E-state index in [2.05, 4.69) is 17.2 Å². The van der Waals surface area contributed by atoms with Crippen LogP contribution in [0.1, 0.15) is 29.8 Å². The molecule has 96 valence electrons. The smallest absolute Gasteiger partial charge is 0.253 e. The molecule has 0 saturated heterocycles. The third-order valence-electron chi connectivity index (χ3n) is 3.88. The monoisotopic (exact) mass is 253 g/mol. The van der Waals surface area contributed by atoms with E-state index in [1.807, 2.05) is 24.4 Å². The molecule has 0 bridgehead atoms. The summed E-state index contributed by atoms with van der Waals surface area (Å²) in [5.41, 5.74) is 2.38. The van der Waals surface area contributed by atoms with Gasteiger partial charge in [0.25, 0.3) is 0 Å². The maximum absolute atomic E-state index is 12.3. The van der Waals surface area contributed by atoms with Crippen LogP contribution < -0.4 is 5.69 Å². The largest absolute Gasteiger partial charge is 0.350 e. The first kappa shape index (κ1) is 10.8. The summed E-state index contributed by atoms with van der Waals surface area (Å²) < 4.78 is 3.31. The van der Waals surface area contributed by atoms with Gasteiger partial charge < -0.3 is 0 Å². The summed E-state index contributed by atoms with van der Waals surface area (Å²) in [6, 6.07) is 8.21. The molecule has 0 spiro atoms. The maximum Gasteiger partial charge on any atom is 0.350 e. The maximum atomic E-state index is 12.3. The van der Waals surface area contributed by atoms with Gasteiger partial charge in [-0.3, -0.25) is 4.57 Å². The zero-order valence-electron chi connectivity index (χ0n) is 10.6. The van der Waals surface area contributed by atoms with Crippen molar-refractivity contribution in [2.75, 3.05) is 0 Å². The van der Waals surface area contributed by atoms with Crippen LogP contribution in [0.2, 0.25) is 0 Å². The van der Waals surface area contributed by atoms with Crippen LogP contribution in [-0.4, -0.2) is 14.3 Å². The first-order valence-corrected chi connectivity index (χ1v) is 6.75. The van der Waals surface area contributed by atoms with Gasteiger partial charge in [-0.25, -0.2) is 9.48 Å². The molecule has 4 rings (SSSR count). The molecule has 4 heteroatoms. The Morgan fingerprint density at radius 2 is 2.11 bits per heavy atom. The van der Waals surface area contributed by atoms with E-state index < -0.39 is 0 Å².